The predicted octanol–water partition coefficient (Wildman–Crippen LogP) is 0.281. The third-order valence-electron chi connectivity index (χ3n) is 2.13. The minimum atomic E-state index is -1.17. The summed E-state index contributed by atoms with van der Waals surface area (Å²) in [6, 6.07) is 0. The Labute approximate surface area is 74.7 Å². The van der Waals surface area contributed by atoms with Gasteiger partial charge in [0.15, 0.2) is 12.4 Å². The molecule has 0 N–H and O–H groups in total. The van der Waals surface area contributed by atoms with Crippen molar-refractivity contribution in [3.63, 3.8) is 0 Å². The zero-order valence-electron chi connectivity index (χ0n) is 6.74. The summed E-state index contributed by atoms with van der Waals surface area (Å²) in [5.74, 6) is -0.220. The highest BCUT2D eigenvalue weighted by Gasteiger charge is 2.69. The molecule has 0 saturated carbocycles. The first-order valence-electron chi connectivity index (χ1n) is 3.69. The highest BCUT2D eigenvalue weighted by Crippen LogP contribution is 2.48. The molecule has 0 aromatic carbocycles. The molecule has 0 spiro atoms. The van der Waals surface area contributed by atoms with E-state index in [2.05, 4.69) is 0 Å². The summed E-state index contributed by atoms with van der Waals surface area (Å²) in [5, 5.41) is -1.17. The van der Waals surface area contributed by atoms with Crippen LogP contribution in [0.15, 0.2) is 0 Å². The van der Waals surface area contributed by atoms with Gasteiger partial charge in [0, 0.05) is 7.11 Å². The molecule has 4 unspecified atom stereocenters. The summed E-state index contributed by atoms with van der Waals surface area (Å²) in [7, 11) is 1.49. The Bertz CT molecular complexity index is 231. The van der Waals surface area contributed by atoms with Crippen LogP contribution in [0.3, 0.4) is 0 Å². The fourth-order valence-electron chi connectivity index (χ4n) is 1.37. The van der Waals surface area contributed by atoms with Crippen molar-refractivity contribution in [2.75, 3.05) is 7.11 Å². The lowest BCUT2D eigenvalue weighted by Crippen LogP contribution is -2.45. The second kappa shape index (κ2) is 2.42. The molecular weight excluding hydrogens is 184 g/mol. The summed E-state index contributed by atoms with van der Waals surface area (Å²) in [6.07, 6.45) is -1.51. The van der Waals surface area contributed by atoms with Gasteiger partial charge in [-0.15, -0.1) is 0 Å². The maximum absolute atomic E-state index is 11.3. The van der Waals surface area contributed by atoms with Gasteiger partial charge in [0.25, 0.3) is 0 Å². The fraction of sp³-hybridized carbons (Fsp3) is 0.857. The topological polar surface area (TPSA) is 48.1 Å². The number of ketones is 1. The van der Waals surface area contributed by atoms with E-state index in [9.17, 15) is 4.79 Å². The Morgan fingerprint density at radius 1 is 1.67 bits per heavy atom. The van der Waals surface area contributed by atoms with Crippen LogP contribution in [-0.2, 0) is 19.0 Å². The third-order valence-corrected chi connectivity index (χ3v) is 2.62. The number of rotatable bonds is 1. The Morgan fingerprint density at radius 2 is 2.33 bits per heavy atom. The molecule has 2 rings (SSSR count). The minimum absolute atomic E-state index is 0.220. The van der Waals surface area contributed by atoms with E-state index in [1.54, 1.807) is 6.92 Å². The van der Waals surface area contributed by atoms with Gasteiger partial charge in [-0.1, -0.05) is 11.6 Å². The molecule has 2 aliphatic rings. The second-order valence-corrected chi connectivity index (χ2v) is 3.49. The number of methoxy groups -OCH3 is 1. The molecule has 12 heavy (non-hydrogen) atoms. The lowest BCUT2D eigenvalue weighted by molar-refractivity contribution is -0.178. The maximum Gasteiger partial charge on any atom is 0.235 e. The first kappa shape index (κ1) is 8.44. The van der Waals surface area contributed by atoms with Gasteiger partial charge in [-0.05, 0) is 6.92 Å². The number of fused-ring (bicyclic) bond motifs is 1. The average molecular weight is 193 g/mol. The first-order chi connectivity index (χ1) is 5.59. The lowest BCUT2D eigenvalue weighted by atomic mass is 10.1. The second-order valence-electron chi connectivity index (χ2n) is 2.93. The molecule has 2 aliphatic heterocycles. The number of carbonyl (C=O) groups is 1. The Balaban J connectivity index is 2.18. The minimum Gasteiger partial charge on any atom is -0.353 e. The lowest BCUT2D eigenvalue weighted by Gasteiger charge is -2.24. The number of epoxide rings is 1. The summed E-state index contributed by atoms with van der Waals surface area (Å²) < 4.78 is 15.1. The number of ether oxygens (including phenoxy) is 3. The van der Waals surface area contributed by atoms with Gasteiger partial charge in [-0.2, -0.15) is 0 Å². The Kier molecular flexibility index (Phi) is 1.70. The van der Waals surface area contributed by atoms with E-state index in [4.69, 9.17) is 25.8 Å². The van der Waals surface area contributed by atoms with E-state index in [-0.39, 0.29) is 5.78 Å². The van der Waals surface area contributed by atoms with Crippen LogP contribution in [0.2, 0.25) is 0 Å². The molecule has 5 heteroatoms. The number of hydrogen-bond donors (Lipinski definition) is 0. The molecular formula is C7H9ClO4. The molecule has 0 amide bonds. The molecule has 2 fully saturated rings. The van der Waals surface area contributed by atoms with E-state index in [0.717, 1.165) is 0 Å². The molecule has 0 aliphatic carbocycles. The van der Waals surface area contributed by atoms with Crippen LogP contribution in [0.5, 0.6) is 0 Å². The Hall–Kier alpha value is -0.160. The van der Waals surface area contributed by atoms with Crippen LogP contribution in [0.1, 0.15) is 6.92 Å². The zero-order valence-corrected chi connectivity index (χ0v) is 7.50. The van der Waals surface area contributed by atoms with E-state index < -0.39 is 23.6 Å². The number of carbonyl (C=O) groups excluding carboxylic acids is 1. The van der Waals surface area contributed by atoms with Gasteiger partial charge in [0.05, 0.1) is 0 Å². The van der Waals surface area contributed by atoms with Crippen LogP contribution < -0.4 is 0 Å². The highest BCUT2D eigenvalue weighted by molar-refractivity contribution is 6.37. The molecule has 4 nitrogen and oxygen atoms in total. The third kappa shape index (κ3) is 0.925. The van der Waals surface area contributed by atoms with Crippen LogP contribution >= 0.6 is 11.6 Å². The van der Waals surface area contributed by atoms with Crippen molar-refractivity contribution in [3.05, 3.63) is 0 Å². The summed E-state index contributed by atoms with van der Waals surface area (Å²) in [4.78, 5) is 11.3. The molecule has 0 aromatic rings. The van der Waals surface area contributed by atoms with Crippen molar-refractivity contribution >= 4 is 17.4 Å². The van der Waals surface area contributed by atoms with Crippen LogP contribution in [0.4, 0.5) is 0 Å². The van der Waals surface area contributed by atoms with Gasteiger partial charge in [-0.25, -0.2) is 0 Å². The normalized spacial score (nSPS) is 51.9. The van der Waals surface area contributed by atoms with Gasteiger partial charge in [0.1, 0.15) is 6.10 Å². The molecule has 0 radical (unpaired) electrons. The largest absolute Gasteiger partial charge is 0.353 e. The highest BCUT2D eigenvalue weighted by atomic mass is 35.5. The van der Waals surface area contributed by atoms with Crippen molar-refractivity contribution < 1.29 is 19.0 Å². The predicted molar refractivity (Wildman–Crippen MR) is 39.8 cm³/mol. The van der Waals surface area contributed by atoms with Crippen LogP contribution in [-0.4, -0.2) is 36.5 Å². The van der Waals surface area contributed by atoms with Crippen molar-refractivity contribution in [2.45, 2.75) is 30.5 Å². The van der Waals surface area contributed by atoms with Crippen molar-refractivity contribution in [1.82, 2.24) is 0 Å². The molecule has 2 saturated heterocycles. The number of Topliss-reactive ketones (excluding diaryl/α,β-unsaturated/α-hetero) is 1. The first-order valence-corrected chi connectivity index (χ1v) is 4.06. The smallest absolute Gasteiger partial charge is 0.235 e. The number of hydrogen-bond acceptors (Lipinski definition) is 4. The van der Waals surface area contributed by atoms with E-state index >= 15 is 0 Å². The fourth-order valence-corrected chi connectivity index (χ4v) is 1.72. The standard InChI is InChI=1S/C7H9ClO4/c1-3-4(9)7(8)5(12-7)6(10-2)11-3/h3,5-6H,1-2H3. The van der Waals surface area contributed by atoms with Crippen molar-refractivity contribution in [1.29, 1.82) is 0 Å². The summed E-state index contributed by atoms with van der Waals surface area (Å²) in [6.45, 7) is 1.64. The van der Waals surface area contributed by atoms with E-state index in [0.29, 0.717) is 0 Å². The quantitative estimate of drug-likeness (QED) is 0.442. The monoisotopic (exact) mass is 192 g/mol. The zero-order chi connectivity index (χ0) is 8.93. The van der Waals surface area contributed by atoms with E-state index in [1.807, 2.05) is 0 Å². The number of alkyl halides is 1. The van der Waals surface area contributed by atoms with Crippen LogP contribution in [0.25, 0.3) is 0 Å². The maximum atomic E-state index is 11.3. The van der Waals surface area contributed by atoms with Gasteiger partial charge < -0.3 is 14.2 Å². The average Bonchev–Trinajstić information content (AvgIpc) is 2.72. The Morgan fingerprint density at radius 3 is 2.92 bits per heavy atom. The van der Waals surface area contributed by atoms with Crippen molar-refractivity contribution in [2.24, 2.45) is 0 Å². The molecule has 0 aromatic heterocycles. The number of halogens is 1. The van der Waals surface area contributed by atoms with Gasteiger partial charge in [-0.3, -0.25) is 4.79 Å². The SMILES string of the molecule is COC1OC(C)C(=O)C2(Cl)OC12. The van der Waals surface area contributed by atoms with Crippen molar-refractivity contribution in [3.8, 4) is 0 Å². The van der Waals surface area contributed by atoms with E-state index in [1.165, 1.54) is 7.11 Å². The van der Waals surface area contributed by atoms with Crippen LogP contribution in [0, 0.1) is 0 Å². The summed E-state index contributed by atoms with van der Waals surface area (Å²) >= 11 is 5.83. The summed E-state index contributed by atoms with van der Waals surface area (Å²) in [5.41, 5.74) is 0. The molecule has 4 atom stereocenters. The van der Waals surface area contributed by atoms with Gasteiger partial charge >= 0.3 is 0 Å². The molecule has 68 valence electrons. The van der Waals surface area contributed by atoms with Gasteiger partial charge in [0.2, 0.25) is 10.8 Å². The molecule has 0 bridgehead atoms. The molecule has 2 heterocycles.